The van der Waals surface area contributed by atoms with Crippen molar-refractivity contribution in [1.29, 1.82) is 0 Å². The van der Waals surface area contributed by atoms with Crippen molar-refractivity contribution in [3.05, 3.63) is 72.4 Å². The van der Waals surface area contributed by atoms with E-state index < -0.39 is 12.0 Å². The Morgan fingerprint density at radius 3 is 2.48 bits per heavy atom. The highest BCUT2D eigenvalue weighted by atomic mass is 16.5. The van der Waals surface area contributed by atoms with E-state index in [4.69, 9.17) is 9.84 Å². The fourth-order valence-corrected chi connectivity index (χ4v) is 3.11. The fraction of sp³-hybridized carbons (Fsp3) is 0.190. The maximum atomic E-state index is 12.2. The second-order valence-corrected chi connectivity index (χ2v) is 6.42. The topological polar surface area (TPSA) is 73.2 Å². The van der Waals surface area contributed by atoms with Crippen molar-refractivity contribution in [2.75, 3.05) is 0 Å². The third-order valence-corrected chi connectivity index (χ3v) is 4.51. The van der Waals surface area contributed by atoms with Gasteiger partial charge < -0.3 is 10.1 Å². The van der Waals surface area contributed by atoms with Crippen molar-refractivity contribution in [1.82, 2.24) is 15.1 Å². The standard InChI is InChI=1S/C21H19N3O3/c25-19-12-11-18(22-19)21(26)27-14-16-13-24(17-9-5-2-6-10-17)23-20(16)15-7-3-1-4-8-15/h1-10,13,18H,11-12,14H2,(H,22,25)/t18-/m1/s1. The Kier molecular flexibility index (Phi) is 4.70. The summed E-state index contributed by atoms with van der Waals surface area (Å²) >= 11 is 0. The van der Waals surface area contributed by atoms with Gasteiger partial charge in [0.2, 0.25) is 5.91 Å². The van der Waals surface area contributed by atoms with Crippen molar-refractivity contribution >= 4 is 11.9 Å². The number of hydrogen-bond donors (Lipinski definition) is 1. The monoisotopic (exact) mass is 361 g/mol. The number of carbonyl (C=O) groups is 2. The molecule has 0 aliphatic carbocycles. The molecule has 6 nitrogen and oxygen atoms in total. The summed E-state index contributed by atoms with van der Waals surface area (Å²) in [5.74, 6) is -0.522. The molecule has 0 spiro atoms. The maximum absolute atomic E-state index is 12.2. The van der Waals surface area contributed by atoms with Gasteiger partial charge >= 0.3 is 5.97 Å². The van der Waals surface area contributed by atoms with Crippen LogP contribution in [0.4, 0.5) is 0 Å². The number of amides is 1. The van der Waals surface area contributed by atoms with Crippen LogP contribution in [0, 0.1) is 0 Å². The first kappa shape index (κ1) is 17.0. The SMILES string of the molecule is O=C1CC[C@H](C(=O)OCc2cn(-c3ccccc3)nc2-c2ccccc2)N1. The lowest BCUT2D eigenvalue weighted by Gasteiger charge is -2.10. The summed E-state index contributed by atoms with van der Waals surface area (Å²) in [7, 11) is 0. The number of aromatic nitrogens is 2. The highest BCUT2D eigenvalue weighted by Gasteiger charge is 2.28. The summed E-state index contributed by atoms with van der Waals surface area (Å²) in [6.07, 6.45) is 2.71. The average Bonchev–Trinajstić information content (AvgIpc) is 3.34. The smallest absolute Gasteiger partial charge is 0.328 e. The van der Waals surface area contributed by atoms with Crippen LogP contribution in [-0.4, -0.2) is 27.7 Å². The highest BCUT2D eigenvalue weighted by Crippen LogP contribution is 2.24. The molecule has 0 radical (unpaired) electrons. The second kappa shape index (κ2) is 7.45. The Hall–Kier alpha value is -3.41. The summed E-state index contributed by atoms with van der Waals surface area (Å²) in [6, 6.07) is 19.0. The number of benzene rings is 2. The Bertz CT molecular complexity index is 951. The number of ether oxygens (including phenoxy) is 1. The van der Waals surface area contributed by atoms with Crippen LogP contribution in [-0.2, 0) is 20.9 Å². The van der Waals surface area contributed by atoms with Crippen molar-refractivity contribution in [2.24, 2.45) is 0 Å². The van der Waals surface area contributed by atoms with Crippen LogP contribution in [0.1, 0.15) is 18.4 Å². The molecule has 0 bridgehead atoms. The zero-order chi connectivity index (χ0) is 18.6. The average molecular weight is 361 g/mol. The summed E-state index contributed by atoms with van der Waals surface area (Å²) in [6.45, 7) is 0.0995. The molecule has 1 aliphatic heterocycles. The molecular weight excluding hydrogens is 342 g/mol. The Morgan fingerprint density at radius 2 is 1.81 bits per heavy atom. The lowest BCUT2D eigenvalue weighted by atomic mass is 10.1. The van der Waals surface area contributed by atoms with E-state index in [0.717, 1.165) is 22.5 Å². The number of para-hydroxylation sites is 1. The van der Waals surface area contributed by atoms with E-state index >= 15 is 0 Å². The first-order chi connectivity index (χ1) is 13.2. The van der Waals surface area contributed by atoms with Crippen molar-refractivity contribution < 1.29 is 14.3 Å². The molecule has 3 aromatic rings. The maximum Gasteiger partial charge on any atom is 0.328 e. The number of carbonyl (C=O) groups excluding carboxylic acids is 2. The molecule has 1 N–H and O–H groups in total. The molecular formula is C21H19N3O3. The first-order valence-corrected chi connectivity index (χ1v) is 8.86. The molecule has 1 aliphatic rings. The number of hydrogen-bond acceptors (Lipinski definition) is 4. The van der Waals surface area contributed by atoms with Gasteiger partial charge in [0.1, 0.15) is 12.6 Å². The molecule has 1 aromatic heterocycles. The normalized spacial score (nSPS) is 16.1. The molecule has 4 rings (SSSR count). The van der Waals surface area contributed by atoms with Crippen LogP contribution in [0.3, 0.4) is 0 Å². The van der Waals surface area contributed by atoms with Crippen LogP contribution in [0.25, 0.3) is 16.9 Å². The van der Waals surface area contributed by atoms with Gasteiger partial charge in [0, 0.05) is 23.7 Å². The van der Waals surface area contributed by atoms with Gasteiger partial charge in [0.25, 0.3) is 0 Å². The Balaban J connectivity index is 1.59. The van der Waals surface area contributed by atoms with Crippen molar-refractivity contribution in [3.63, 3.8) is 0 Å². The van der Waals surface area contributed by atoms with Crippen molar-refractivity contribution in [3.8, 4) is 16.9 Å². The summed E-state index contributed by atoms with van der Waals surface area (Å²) < 4.78 is 7.25. The Labute approximate surface area is 156 Å². The van der Waals surface area contributed by atoms with Crippen LogP contribution < -0.4 is 5.32 Å². The molecule has 0 unspecified atom stereocenters. The number of nitrogens with one attached hydrogen (secondary N) is 1. The van der Waals surface area contributed by atoms with Gasteiger partial charge in [-0.3, -0.25) is 4.79 Å². The summed E-state index contributed by atoms with van der Waals surface area (Å²) in [4.78, 5) is 23.5. The molecule has 2 heterocycles. The van der Waals surface area contributed by atoms with Gasteiger partial charge in [-0.05, 0) is 18.6 Å². The number of rotatable bonds is 5. The first-order valence-electron chi connectivity index (χ1n) is 8.86. The molecule has 136 valence electrons. The molecule has 6 heteroatoms. The van der Waals surface area contributed by atoms with Gasteiger partial charge in [-0.2, -0.15) is 5.10 Å². The van der Waals surface area contributed by atoms with Gasteiger partial charge in [-0.25, -0.2) is 9.48 Å². The van der Waals surface area contributed by atoms with Crippen molar-refractivity contribution in [2.45, 2.75) is 25.5 Å². The van der Waals surface area contributed by atoms with E-state index in [1.165, 1.54) is 0 Å². The van der Waals surface area contributed by atoms with Gasteiger partial charge in [0.15, 0.2) is 0 Å². The number of esters is 1. The minimum absolute atomic E-state index is 0.0995. The lowest BCUT2D eigenvalue weighted by Crippen LogP contribution is -2.34. The van der Waals surface area contributed by atoms with Crippen LogP contribution in [0.15, 0.2) is 66.9 Å². The minimum Gasteiger partial charge on any atom is -0.459 e. The molecule has 0 saturated carbocycles. The third kappa shape index (κ3) is 3.74. The summed E-state index contributed by atoms with van der Waals surface area (Å²) in [5, 5.41) is 7.33. The Morgan fingerprint density at radius 1 is 1.11 bits per heavy atom. The molecule has 1 atom stereocenters. The van der Waals surface area contributed by atoms with E-state index in [1.807, 2.05) is 66.9 Å². The predicted octanol–water partition coefficient (Wildman–Crippen LogP) is 2.86. The molecule has 1 fully saturated rings. The summed E-state index contributed by atoms with van der Waals surface area (Å²) in [5.41, 5.74) is 3.45. The molecule has 27 heavy (non-hydrogen) atoms. The largest absolute Gasteiger partial charge is 0.459 e. The van der Waals surface area contributed by atoms with Gasteiger partial charge in [0.05, 0.1) is 11.4 Å². The third-order valence-electron chi connectivity index (χ3n) is 4.51. The van der Waals surface area contributed by atoms with Crippen LogP contribution >= 0.6 is 0 Å². The van der Waals surface area contributed by atoms with Crippen LogP contribution in [0.2, 0.25) is 0 Å². The van der Waals surface area contributed by atoms with E-state index in [0.29, 0.717) is 12.8 Å². The molecule has 2 aromatic carbocycles. The highest BCUT2D eigenvalue weighted by molar-refractivity contribution is 5.88. The van der Waals surface area contributed by atoms with E-state index in [1.54, 1.807) is 4.68 Å². The van der Waals surface area contributed by atoms with E-state index in [-0.39, 0.29) is 12.5 Å². The van der Waals surface area contributed by atoms with Crippen LogP contribution in [0.5, 0.6) is 0 Å². The second-order valence-electron chi connectivity index (χ2n) is 6.42. The number of nitrogens with zero attached hydrogens (tertiary/aromatic N) is 2. The quantitative estimate of drug-likeness (QED) is 0.709. The lowest BCUT2D eigenvalue weighted by molar-refractivity contribution is -0.147. The zero-order valence-electron chi connectivity index (χ0n) is 14.7. The fourth-order valence-electron chi connectivity index (χ4n) is 3.11. The zero-order valence-corrected chi connectivity index (χ0v) is 14.7. The van der Waals surface area contributed by atoms with E-state index in [9.17, 15) is 9.59 Å². The minimum atomic E-state index is -0.554. The van der Waals surface area contributed by atoms with Gasteiger partial charge in [-0.1, -0.05) is 48.5 Å². The van der Waals surface area contributed by atoms with Gasteiger partial charge in [-0.15, -0.1) is 0 Å². The molecule has 1 saturated heterocycles. The van der Waals surface area contributed by atoms with E-state index in [2.05, 4.69) is 5.32 Å². The predicted molar refractivity (Wildman–Crippen MR) is 100.0 cm³/mol. The molecule has 1 amide bonds.